The number of rotatable bonds is 2. The molecular weight excluding hydrogens is 661 g/mol. The van der Waals surface area contributed by atoms with Crippen molar-refractivity contribution in [1.29, 1.82) is 0 Å². The fourth-order valence-corrected chi connectivity index (χ4v) is 10.8. The molecular formula is C51H32OS. The summed E-state index contributed by atoms with van der Waals surface area (Å²) in [7, 11) is 0. The van der Waals surface area contributed by atoms with Gasteiger partial charge in [-0.15, -0.1) is 11.3 Å². The smallest absolute Gasteiger partial charge is 0.153 e. The van der Waals surface area contributed by atoms with Gasteiger partial charge >= 0.3 is 0 Å². The van der Waals surface area contributed by atoms with Gasteiger partial charge in [-0.25, -0.2) is 0 Å². The second kappa shape index (κ2) is 10.4. The first-order valence-electron chi connectivity index (χ1n) is 18.4. The third-order valence-electron chi connectivity index (χ3n) is 12.0. The molecule has 1 aliphatic carbocycles. The fourth-order valence-electron chi connectivity index (χ4n) is 9.59. The van der Waals surface area contributed by atoms with Crippen molar-refractivity contribution in [2.75, 3.05) is 0 Å². The van der Waals surface area contributed by atoms with Crippen molar-refractivity contribution < 1.29 is 4.42 Å². The lowest BCUT2D eigenvalue weighted by molar-refractivity contribution is 0.660. The van der Waals surface area contributed by atoms with Gasteiger partial charge in [-0.2, -0.15) is 0 Å². The standard InChI is InChI=1S/C51H32OS/c1-51(2)42-21-11-9-15-32(42)33-24-23-31(26-43(33)51)46-34-16-5-7-18-36(34)47(37-19-8-6-17-35(37)46)41-28-40-39-25-29-13-3-4-14-30(29)27-45(39)53-50(40)49-48(41)38-20-10-12-22-44(38)52-49/h3-28H,1-2H3. The van der Waals surface area contributed by atoms with Crippen LogP contribution in [0.2, 0.25) is 0 Å². The van der Waals surface area contributed by atoms with E-state index in [0.29, 0.717) is 0 Å². The first-order chi connectivity index (χ1) is 26.0. The zero-order valence-corrected chi connectivity index (χ0v) is 30.1. The molecule has 0 atom stereocenters. The van der Waals surface area contributed by atoms with Crippen LogP contribution in [0.5, 0.6) is 0 Å². The Hall–Kier alpha value is -6.22. The Morgan fingerprint density at radius 3 is 1.81 bits per heavy atom. The van der Waals surface area contributed by atoms with Crippen LogP contribution < -0.4 is 0 Å². The van der Waals surface area contributed by atoms with Gasteiger partial charge in [0.05, 0.1) is 4.70 Å². The lowest BCUT2D eigenvalue weighted by Crippen LogP contribution is -2.14. The van der Waals surface area contributed by atoms with Crippen LogP contribution in [0.1, 0.15) is 25.0 Å². The van der Waals surface area contributed by atoms with E-state index in [2.05, 4.69) is 172 Å². The summed E-state index contributed by atoms with van der Waals surface area (Å²) in [5.41, 5.74) is 12.3. The average Bonchev–Trinajstić information content (AvgIpc) is 3.83. The Balaban J connectivity index is 1.21. The van der Waals surface area contributed by atoms with E-state index in [9.17, 15) is 0 Å². The van der Waals surface area contributed by atoms with E-state index in [1.807, 2.05) is 11.3 Å². The van der Waals surface area contributed by atoms with Gasteiger partial charge < -0.3 is 4.42 Å². The summed E-state index contributed by atoms with van der Waals surface area (Å²) in [5, 5.41) is 12.4. The van der Waals surface area contributed by atoms with Crippen molar-refractivity contribution >= 4 is 85.8 Å². The van der Waals surface area contributed by atoms with E-state index in [0.717, 1.165) is 16.6 Å². The van der Waals surface area contributed by atoms with Gasteiger partial charge in [0.25, 0.3) is 0 Å². The normalized spacial score (nSPS) is 13.6. The maximum absolute atomic E-state index is 6.87. The van der Waals surface area contributed by atoms with E-state index < -0.39 is 0 Å². The Morgan fingerprint density at radius 2 is 1.06 bits per heavy atom. The molecule has 0 bridgehead atoms. The average molecular weight is 693 g/mol. The minimum Gasteiger partial charge on any atom is -0.455 e. The molecule has 0 radical (unpaired) electrons. The van der Waals surface area contributed by atoms with Gasteiger partial charge in [0.1, 0.15) is 5.58 Å². The van der Waals surface area contributed by atoms with Crippen LogP contribution in [0.3, 0.4) is 0 Å². The molecule has 0 saturated heterocycles. The highest BCUT2D eigenvalue weighted by atomic mass is 32.1. The molecule has 1 aliphatic rings. The monoisotopic (exact) mass is 692 g/mol. The van der Waals surface area contributed by atoms with Crippen molar-refractivity contribution in [3.8, 4) is 33.4 Å². The highest BCUT2D eigenvalue weighted by Crippen LogP contribution is 2.53. The highest BCUT2D eigenvalue weighted by molar-refractivity contribution is 7.26. The lowest BCUT2D eigenvalue weighted by atomic mass is 9.80. The maximum Gasteiger partial charge on any atom is 0.153 e. The van der Waals surface area contributed by atoms with Gasteiger partial charge in [-0.1, -0.05) is 141 Å². The largest absolute Gasteiger partial charge is 0.455 e. The van der Waals surface area contributed by atoms with Gasteiger partial charge in [0.15, 0.2) is 5.58 Å². The molecule has 0 fully saturated rings. The van der Waals surface area contributed by atoms with Crippen LogP contribution in [0, 0.1) is 0 Å². The molecule has 2 heteroatoms. The summed E-state index contributed by atoms with van der Waals surface area (Å²) in [5.74, 6) is 0. The molecule has 248 valence electrons. The van der Waals surface area contributed by atoms with E-state index >= 15 is 0 Å². The van der Waals surface area contributed by atoms with Crippen LogP contribution in [-0.4, -0.2) is 0 Å². The van der Waals surface area contributed by atoms with Gasteiger partial charge in [0, 0.05) is 31.7 Å². The van der Waals surface area contributed by atoms with E-state index in [-0.39, 0.29) is 5.41 Å². The number of hydrogen-bond acceptors (Lipinski definition) is 2. The molecule has 2 heterocycles. The number of hydrogen-bond donors (Lipinski definition) is 0. The zero-order chi connectivity index (χ0) is 35.0. The Bertz CT molecular complexity index is 3320. The number of fused-ring (bicyclic) bond motifs is 13. The molecule has 1 nitrogen and oxygen atoms in total. The van der Waals surface area contributed by atoms with E-state index in [1.54, 1.807) is 0 Å². The summed E-state index contributed by atoms with van der Waals surface area (Å²) >= 11 is 1.84. The Labute approximate surface area is 310 Å². The van der Waals surface area contributed by atoms with E-state index in [1.165, 1.54) is 102 Å². The van der Waals surface area contributed by atoms with Crippen molar-refractivity contribution in [3.05, 3.63) is 169 Å². The topological polar surface area (TPSA) is 13.1 Å². The van der Waals surface area contributed by atoms with Crippen molar-refractivity contribution in [3.63, 3.8) is 0 Å². The first-order valence-corrected chi connectivity index (χ1v) is 19.2. The van der Waals surface area contributed by atoms with Crippen LogP contribution in [0.15, 0.2) is 162 Å². The predicted molar refractivity (Wildman–Crippen MR) is 228 cm³/mol. The lowest BCUT2D eigenvalue weighted by Gasteiger charge is -2.23. The summed E-state index contributed by atoms with van der Waals surface area (Å²) < 4.78 is 9.36. The molecule has 0 unspecified atom stereocenters. The van der Waals surface area contributed by atoms with Crippen molar-refractivity contribution in [1.82, 2.24) is 0 Å². The molecule has 0 saturated carbocycles. The fraction of sp³-hybridized carbons (Fsp3) is 0.0588. The Morgan fingerprint density at radius 1 is 0.453 bits per heavy atom. The third-order valence-corrected chi connectivity index (χ3v) is 13.2. The molecule has 0 N–H and O–H groups in total. The minimum atomic E-state index is -0.0779. The molecule has 0 aliphatic heterocycles. The molecule has 11 aromatic rings. The quantitative estimate of drug-likeness (QED) is 0.164. The SMILES string of the molecule is CC1(C)c2ccccc2-c2ccc(-c3c4ccccc4c(-c4cc5c6cc7ccccc7cc6sc5c5oc6ccccc6c45)c4ccccc34)cc21. The van der Waals surface area contributed by atoms with Crippen molar-refractivity contribution in [2.45, 2.75) is 19.3 Å². The molecule has 12 rings (SSSR count). The summed E-state index contributed by atoms with van der Waals surface area (Å²) in [6, 6.07) is 58.6. The molecule has 53 heavy (non-hydrogen) atoms. The minimum absolute atomic E-state index is 0.0779. The van der Waals surface area contributed by atoms with Gasteiger partial charge in [-0.05, 0) is 107 Å². The second-order valence-electron chi connectivity index (χ2n) is 15.2. The predicted octanol–water partition coefficient (Wildman–Crippen LogP) is 15.1. The van der Waals surface area contributed by atoms with E-state index in [4.69, 9.17) is 4.42 Å². The summed E-state index contributed by atoms with van der Waals surface area (Å²) in [6.45, 7) is 4.74. The van der Waals surface area contributed by atoms with Crippen LogP contribution >= 0.6 is 11.3 Å². The number of para-hydroxylation sites is 1. The third kappa shape index (κ3) is 3.91. The molecule has 9 aromatic carbocycles. The Kier molecular flexibility index (Phi) is 5.78. The van der Waals surface area contributed by atoms with Gasteiger partial charge in [0.2, 0.25) is 0 Å². The molecule has 0 spiro atoms. The zero-order valence-electron chi connectivity index (χ0n) is 29.3. The highest BCUT2D eigenvalue weighted by Gasteiger charge is 2.35. The number of thiophene rings is 1. The van der Waals surface area contributed by atoms with Gasteiger partial charge in [-0.3, -0.25) is 0 Å². The van der Waals surface area contributed by atoms with Crippen LogP contribution in [0.4, 0.5) is 0 Å². The summed E-state index contributed by atoms with van der Waals surface area (Å²) in [4.78, 5) is 0. The number of benzene rings is 9. The summed E-state index contributed by atoms with van der Waals surface area (Å²) in [6.07, 6.45) is 0. The number of furan rings is 1. The second-order valence-corrected chi connectivity index (χ2v) is 16.2. The molecule has 0 amide bonds. The maximum atomic E-state index is 6.87. The van der Waals surface area contributed by atoms with Crippen molar-refractivity contribution in [2.24, 2.45) is 0 Å². The molecule has 2 aromatic heterocycles. The van der Waals surface area contributed by atoms with Crippen LogP contribution in [0.25, 0.3) is 108 Å². The first kappa shape index (κ1) is 29.4. The van der Waals surface area contributed by atoms with Crippen LogP contribution in [-0.2, 0) is 5.41 Å².